The standard InChI is InChI=1S/C20H26N2O3S/c1-16-6-7-20(17(2)12-16)26(23,24)21-14-18-4-3-5-19(13-18)15-22-8-10-25-11-9-22/h3-7,12-13,21H,8-11,14-15H2,1-2H3. The third kappa shape index (κ3) is 4.92. The lowest BCUT2D eigenvalue weighted by Crippen LogP contribution is -2.35. The van der Waals surface area contributed by atoms with Crippen LogP contribution in [0.3, 0.4) is 0 Å². The lowest BCUT2D eigenvalue weighted by molar-refractivity contribution is 0.0342. The lowest BCUT2D eigenvalue weighted by Gasteiger charge is -2.26. The minimum Gasteiger partial charge on any atom is -0.379 e. The van der Waals surface area contributed by atoms with Gasteiger partial charge in [0.1, 0.15) is 0 Å². The van der Waals surface area contributed by atoms with Crippen LogP contribution in [0.4, 0.5) is 0 Å². The van der Waals surface area contributed by atoms with Crippen molar-refractivity contribution in [3.63, 3.8) is 0 Å². The third-order valence-corrected chi connectivity index (χ3v) is 6.15. The Morgan fingerprint density at radius 2 is 1.77 bits per heavy atom. The predicted octanol–water partition coefficient (Wildman–Crippen LogP) is 2.61. The van der Waals surface area contributed by atoms with Crippen LogP contribution < -0.4 is 4.72 Å². The summed E-state index contributed by atoms with van der Waals surface area (Å²) < 4.78 is 33.3. The van der Waals surface area contributed by atoms with Gasteiger partial charge < -0.3 is 4.74 Å². The second-order valence-corrected chi connectivity index (χ2v) is 8.54. The monoisotopic (exact) mass is 374 g/mol. The van der Waals surface area contributed by atoms with Gasteiger partial charge in [0.2, 0.25) is 10.0 Å². The van der Waals surface area contributed by atoms with E-state index in [1.165, 1.54) is 5.56 Å². The molecule has 0 amide bonds. The van der Waals surface area contributed by atoms with E-state index in [0.29, 0.717) is 4.90 Å². The number of nitrogens with one attached hydrogen (secondary N) is 1. The number of rotatable bonds is 6. The molecule has 2 aromatic rings. The van der Waals surface area contributed by atoms with Gasteiger partial charge in [0.15, 0.2) is 0 Å². The molecule has 0 radical (unpaired) electrons. The first-order chi connectivity index (χ1) is 12.4. The maximum atomic E-state index is 12.6. The first-order valence-electron chi connectivity index (χ1n) is 8.89. The molecule has 6 heteroatoms. The van der Waals surface area contributed by atoms with Crippen LogP contribution in [0.1, 0.15) is 22.3 Å². The van der Waals surface area contributed by atoms with Gasteiger partial charge in [-0.15, -0.1) is 0 Å². The smallest absolute Gasteiger partial charge is 0.241 e. The molecular weight excluding hydrogens is 348 g/mol. The van der Waals surface area contributed by atoms with Crippen molar-refractivity contribution in [2.75, 3.05) is 26.3 Å². The van der Waals surface area contributed by atoms with Crippen molar-refractivity contribution in [1.82, 2.24) is 9.62 Å². The summed E-state index contributed by atoms with van der Waals surface area (Å²) in [6.45, 7) is 8.34. The molecule has 2 aromatic carbocycles. The number of hydrogen-bond donors (Lipinski definition) is 1. The highest BCUT2D eigenvalue weighted by Gasteiger charge is 2.16. The first-order valence-corrected chi connectivity index (χ1v) is 10.4. The Kier molecular flexibility index (Phi) is 6.09. The summed E-state index contributed by atoms with van der Waals surface area (Å²) >= 11 is 0. The van der Waals surface area contributed by atoms with Crippen LogP contribution >= 0.6 is 0 Å². The first kappa shape index (κ1) is 19.0. The lowest BCUT2D eigenvalue weighted by atomic mass is 10.1. The van der Waals surface area contributed by atoms with Gasteiger partial charge in [0, 0.05) is 26.2 Å². The van der Waals surface area contributed by atoms with Gasteiger partial charge in [0.25, 0.3) is 0 Å². The van der Waals surface area contributed by atoms with E-state index < -0.39 is 10.0 Å². The molecule has 0 spiro atoms. The normalized spacial score (nSPS) is 15.9. The number of benzene rings is 2. The average Bonchev–Trinajstić information content (AvgIpc) is 2.61. The molecule has 0 unspecified atom stereocenters. The average molecular weight is 375 g/mol. The predicted molar refractivity (Wildman–Crippen MR) is 102 cm³/mol. The Hall–Kier alpha value is -1.73. The van der Waals surface area contributed by atoms with E-state index in [1.54, 1.807) is 6.07 Å². The van der Waals surface area contributed by atoms with Crippen molar-refractivity contribution in [3.05, 3.63) is 64.7 Å². The molecule has 140 valence electrons. The van der Waals surface area contributed by atoms with Crippen molar-refractivity contribution < 1.29 is 13.2 Å². The van der Waals surface area contributed by atoms with Gasteiger partial charge in [-0.1, -0.05) is 42.0 Å². The van der Waals surface area contributed by atoms with E-state index in [4.69, 9.17) is 4.74 Å². The Labute approximate surface area is 156 Å². The highest BCUT2D eigenvalue weighted by Crippen LogP contribution is 2.17. The molecule has 1 N–H and O–H groups in total. The summed E-state index contributed by atoms with van der Waals surface area (Å²) in [7, 11) is -3.52. The molecule has 1 fully saturated rings. The molecule has 0 aromatic heterocycles. The molecule has 0 aliphatic carbocycles. The molecule has 0 saturated carbocycles. The zero-order valence-electron chi connectivity index (χ0n) is 15.4. The quantitative estimate of drug-likeness (QED) is 0.844. The third-order valence-electron chi connectivity index (χ3n) is 4.59. The number of sulfonamides is 1. The van der Waals surface area contributed by atoms with Gasteiger partial charge in [-0.2, -0.15) is 0 Å². The summed E-state index contributed by atoms with van der Waals surface area (Å²) in [6, 6.07) is 13.5. The van der Waals surface area contributed by atoms with Gasteiger partial charge in [0.05, 0.1) is 18.1 Å². The van der Waals surface area contributed by atoms with Crippen LogP contribution in [0, 0.1) is 13.8 Å². The second kappa shape index (κ2) is 8.31. The Morgan fingerprint density at radius 1 is 1.04 bits per heavy atom. The Balaban J connectivity index is 1.66. The van der Waals surface area contributed by atoms with Gasteiger partial charge in [-0.3, -0.25) is 4.90 Å². The zero-order chi connectivity index (χ0) is 18.6. The SMILES string of the molecule is Cc1ccc(S(=O)(=O)NCc2cccc(CN3CCOCC3)c2)c(C)c1. The highest BCUT2D eigenvalue weighted by molar-refractivity contribution is 7.89. The summed E-state index contributed by atoms with van der Waals surface area (Å²) in [5, 5.41) is 0. The fraction of sp³-hybridized carbons (Fsp3) is 0.400. The molecule has 1 saturated heterocycles. The molecular formula is C20H26N2O3S. The molecule has 5 nitrogen and oxygen atoms in total. The number of nitrogens with zero attached hydrogens (tertiary/aromatic N) is 1. The number of aryl methyl sites for hydroxylation is 2. The van der Waals surface area contributed by atoms with Crippen molar-refractivity contribution in [2.24, 2.45) is 0 Å². The molecule has 0 atom stereocenters. The molecule has 0 bridgehead atoms. The van der Waals surface area contributed by atoms with E-state index in [9.17, 15) is 8.42 Å². The van der Waals surface area contributed by atoms with E-state index in [0.717, 1.165) is 49.5 Å². The van der Waals surface area contributed by atoms with Gasteiger partial charge >= 0.3 is 0 Å². The van der Waals surface area contributed by atoms with Gasteiger partial charge in [-0.05, 0) is 36.6 Å². The fourth-order valence-corrected chi connectivity index (χ4v) is 4.45. The van der Waals surface area contributed by atoms with Gasteiger partial charge in [-0.25, -0.2) is 13.1 Å². The molecule has 1 aliphatic heterocycles. The topological polar surface area (TPSA) is 58.6 Å². The fourth-order valence-electron chi connectivity index (χ4n) is 3.21. The van der Waals surface area contributed by atoms with E-state index in [2.05, 4.69) is 21.8 Å². The highest BCUT2D eigenvalue weighted by atomic mass is 32.2. The molecule has 1 heterocycles. The van der Waals surface area contributed by atoms with Crippen LogP contribution in [-0.2, 0) is 27.8 Å². The van der Waals surface area contributed by atoms with E-state index in [-0.39, 0.29) is 6.54 Å². The largest absolute Gasteiger partial charge is 0.379 e. The van der Waals surface area contributed by atoms with Crippen LogP contribution in [0.15, 0.2) is 47.4 Å². The minimum atomic E-state index is -3.52. The van der Waals surface area contributed by atoms with Crippen LogP contribution in [0.2, 0.25) is 0 Å². The summed E-state index contributed by atoms with van der Waals surface area (Å²) in [6.07, 6.45) is 0. The van der Waals surface area contributed by atoms with Crippen LogP contribution in [-0.4, -0.2) is 39.6 Å². The number of morpholine rings is 1. The van der Waals surface area contributed by atoms with E-state index in [1.807, 2.05) is 38.1 Å². The van der Waals surface area contributed by atoms with Crippen LogP contribution in [0.25, 0.3) is 0 Å². The summed E-state index contributed by atoms with van der Waals surface area (Å²) in [4.78, 5) is 2.69. The molecule has 26 heavy (non-hydrogen) atoms. The van der Waals surface area contributed by atoms with Crippen molar-refractivity contribution in [1.29, 1.82) is 0 Å². The maximum absolute atomic E-state index is 12.6. The Morgan fingerprint density at radius 3 is 2.50 bits per heavy atom. The van der Waals surface area contributed by atoms with Crippen molar-refractivity contribution >= 4 is 10.0 Å². The van der Waals surface area contributed by atoms with Crippen molar-refractivity contribution in [2.45, 2.75) is 31.8 Å². The number of ether oxygens (including phenoxy) is 1. The zero-order valence-corrected chi connectivity index (χ0v) is 16.2. The van der Waals surface area contributed by atoms with E-state index >= 15 is 0 Å². The molecule has 3 rings (SSSR count). The molecule has 1 aliphatic rings. The second-order valence-electron chi connectivity index (χ2n) is 6.80. The van der Waals surface area contributed by atoms with Crippen LogP contribution in [0.5, 0.6) is 0 Å². The summed E-state index contributed by atoms with van der Waals surface area (Å²) in [5.74, 6) is 0. The minimum absolute atomic E-state index is 0.284. The Bertz CT molecular complexity index is 859. The van der Waals surface area contributed by atoms with Crippen molar-refractivity contribution in [3.8, 4) is 0 Å². The summed E-state index contributed by atoms with van der Waals surface area (Å²) in [5.41, 5.74) is 3.97. The number of hydrogen-bond acceptors (Lipinski definition) is 4. The maximum Gasteiger partial charge on any atom is 0.241 e.